The molecule has 0 aliphatic heterocycles. The van der Waals surface area contributed by atoms with Crippen LogP contribution in [0.2, 0.25) is 0 Å². The molecule has 11 rings (SSSR count). The number of hydrogen-bond donors (Lipinski definition) is 0. The molecule has 0 fully saturated rings. The van der Waals surface area contributed by atoms with E-state index in [1.807, 2.05) is 0 Å². The van der Waals surface area contributed by atoms with Gasteiger partial charge in [0.25, 0.3) is 0 Å². The van der Waals surface area contributed by atoms with Gasteiger partial charge in [-0.2, -0.15) is 0 Å². The van der Waals surface area contributed by atoms with Gasteiger partial charge in [-0.15, -0.1) is 0 Å². The molecule has 0 unspecified atom stereocenters. The van der Waals surface area contributed by atoms with E-state index in [4.69, 9.17) is 4.98 Å². The molecule has 1 aromatic heterocycles. The summed E-state index contributed by atoms with van der Waals surface area (Å²) in [6.45, 7) is 0. The molecule has 0 spiro atoms. The molecule has 0 saturated heterocycles. The molecule has 10 aromatic carbocycles. The third-order valence-electron chi connectivity index (χ3n) is 11.2. The lowest BCUT2D eigenvalue weighted by Crippen LogP contribution is -1.95. The van der Waals surface area contributed by atoms with Crippen LogP contribution in [0.25, 0.3) is 109 Å². The minimum Gasteiger partial charge on any atom is -0.248 e. The van der Waals surface area contributed by atoms with Crippen LogP contribution in [-0.2, 0) is 0 Å². The van der Waals surface area contributed by atoms with Gasteiger partial charge in [-0.3, -0.25) is 0 Å². The molecule has 0 aliphatic carbocycles. The van der Waals surface area contributed by atoms with E-state index in [0.29, 0.717) is 0 Å². The first-order valence-electron chi connectivity index (χ1n) is 18.6. The smallest absolute Gasteiger partial charge is 0.0722 e. The van der Waals surface area contributed by atoms with E-state index in [1.54, 1.807) is 0 Å². The quantitative estimate of drug-likeness (QED) is 0.168. The third-order valence-corrected chi connectivity index (χ3v) is 11.2. The van der Waals surface area contributed by atoms with E-state index in [0.717, 1.165) is 22.5 Å². The first kappa shape index (κ1) is 30.5. The van der Waals surface area contributed by atoms with Crippen LogP contribution in [0.4, 0.5) is 0 Å². The molecule has 0 amide bonds. The van der Waals surface area contributed by atoms with Crippen molar-refractivity contribution in [3.8, 4) is 44.8 Å². The fourth-order valence-electron chi connectivity index (χ4n) is 8.83. The minimum atomic E-state index is 0.969. The topological polar surface area (TPSA) is 12.9 Å². The van der Waals surface area contributed by atoms with Crippen LogP contribution in [0, 0.1) is 0 Å². The molecule has 0 bridgehead atoms. The lowest BCUT2D eigenvalue weighted by molar-refractivity contribution is 1.34. The Morgan fingerprint density at radius 3 is 0.870 bits per heavy atom. The van der Waals surface area contributed by atoms with Crippen molar-refractivity contribution >= 4 is 64.6 Å². The molecule has 1 heteroatoms. The number of aromatic nitrogens is 1. The second-order valence-corrected chi connectivity index (χ2v) is 14.2. The molecule has 0 radical (unpaired) electrons. The largest absolute Gasteiger partial charge is 0.248 e. The van der Waals surface area contributed by atoms with Gasteiger partial charge in [0.05, 0.1) is 11.4 Å². The van der Waals surface area contributed by atoms with Crippen molar-refractivity contribution in [3.63, 3.8) is 0 Å². The maximum Gasteiger partial charge on any atom is 0.0722 e. The van der Waals surface area contributed by atoms with Gasteiger partial charge in [0.15, 0.2) is 0 Å². The van der Waals surface area contributed by atoms with Crippen molar-refractivity contribution in [1.29, 1.82) is 0 Å². The molecule has 1 heterocycles. The maximum absolute atomic E-state index is 5.60. The molecular weight excluding hydrogens is 651 g/mol. The molecule has 0 aliphatic rings. The summed E-state index contributed by atoms with van der Waals surface area (Å²) < 4.78 is 0. The molecule has 0 N–H and O–H groups in total. The summed E-state index contributed by atoms with van der Waals surface area (Å²) in [5.74, 6) is 0. The summed E-state index contributed by atoms with van der Waals surface area (Å²) in [4.78, 5) is 5.60. The van der Waals surface area contributed by atoms with Crippen LogP contribution >= 0.6 is 0 Å². The van der Waals surface area contributed by atoms with Crippen molar-refractivity contribution in [2.75, 3.05) is 0 Å². The minimum absolute atomic E-state index is 0.969. The molecule has 11 aromatic rings. The average Bonchev–Trinajstić information content (AvgIpc) is 3.24. The van der Waals surface area contributed by atoms with Crippen LogP contribution in [0.5, 0.6) is 0 Å². The summed E-state index contributed by atoms with van der Waals surface area (Å²) in [5.41, 5.74) is 9.22. The zero-order valence-corrected chi connectivity index (χ0v) is 29.5. The third kappa shape index (κ3) is 4.76. The van der Waals surface area contributed by atoms with Gasteiger partial charge in [-0.1, -0.05) is 176 Å². The zero-order valence-electron chi connectivity index (χ0n) is 29.5. The average molecular weight is 684 g/mol. The van der Waals surface area contributed by atoms with E-state index in [1.165, 1.54) is 86.9 Å². The lowest BCUT2D eigenvalue weighted by Gasteiger charge is -2.19. The Bertz CT molecular complexity index is 2950. The standard InChI is InChI=1S/C53H33N/c1-3-16-36-32-38(30-28-34(36)14-1)50-40-18-5-9-22-44(40)52(45-23-10-6-19-41(45)50)48-26-13-27-49(54-48)53-46-24-11-7-20-42(46)51(43-21-8-12-25-47(43)53)39-31-29-35-15-2-4-17-37(35)33-39/h1-33H. The highest BCUT2D eigenvalue weighted by atomic mass is 14.7. The maximum atomic E-state index is 5.60. The van der Waals surface area contributed by atoms with Gasteiger partial charge >= 0.3 is 0 Å². The highest BCUT2D eigenvalue weighted by Gasteiger charge is 2.21. The Morgan fingerprint density at radius 1 is 0.222 bits per heavy atom. The molecule has 0 atom stereocenters. The van der Waals surface area contributed by atoms with E-state index >= 15 is 0 Å². The predicted molar refractivity (Wildman–Crippen MR) is 231 cm³/mol. The number of nitrogens with zero attached hydrogens (tertiary/aromatic N) is 1. The summed E-state index contributed by atoms with van der Waals surface area (Å²) in [6, 6.07) is 72.8. The molecular formula is C53H33N. The van der Waals surface area contributed by atoms with E-state index < -0.39 is 0 Å². The van der Waals surface area contributed by atoms with Crippen LogP contribution in [0.15, 0.2) is 200 Å². The van der Waals surface area contributed by atoms with Crippen molar-refractivity contribution in [1.82, 2.24) is 4.98 Å². The Balaban J connectivity index is 1.17. The molecule has 54 heavy (non-hydrogen) atoms. The highest BCUT2D eigenvalue weighted by Crippen LogP contribution is 2.46. The Labute approximate surface area is 313 Å². The number of pyridine rings is 1. The molecule has 0 saturated carbocycles. The predicted octanol–water partition coefficient (Wildman–Crippen LogP) is 14.7. The van der Waals surface area contributed by atoms with Crippen LogP contribution in [-0.4, -0.2) is 4.98 Å². The summed E-state index contributed by atoms with van der Waals surface area (Å²) in [5, 5.41) is 14.7. The van der Waals surface area contributed by atoms with Crippen LogP contribution in [0.1, 0.15) is 0 Å². The van der Waals surface area contributed by atoms with Gasteiger partial charge in [-0.25, -0.2) is 4.98 Å². The normalized spacial score (nSPS) is 11.7. The van der Waals surface area contributed by atoms with E-state index in [9.17, 15) is 0 Å². The second-order valence-electron chi connectivity index (χ2n) is 14.2. The Morgan fingerprint density at radius 2 is 0.519 bits per heavy atom. The van der Waals surface area contributed by atoms with Gasteiger partial charge in [0, 0.05) is 11.1 Å². The Hall–Kier alpha value is -7.09. The van der Waals surface area contributed by atoms with Crippen LogP contribution < -0.4 is 0 Å². The summed E-state index contributed by atoms with van der Waals surface area (Å²) >= 11 is 0. The first-order chi connectivity index (χ1) is 26.8. The highest BCUT2D eigenvalue weighted by molar-refractivity contribution is 6.23. The van der Waals surface area contributed by atoms with E-state index in [2.05, 4.69) is 200 Å². The summed E-state index contributed by atoms with van der Waals surface area (Å²) in [6.07, 6.45) is 0. The number of rotatable bonds is 4. The first-order valence-corrected chi connectivity index (χ1v) is 18.6. The SMILES string of the molecule is c1cc(-c2c3ccccc3c(-c3ccc4ccccc4c3)c3ccccc23)nc(-c2c3ccccc3c(-c3ccc4ccccc4c3)c3ccccc23)c1. The van der Waals surface area contributed by atoms with Gasteiger partial charge in [0.2, 0.25) is 0 Å². The van der Waals surface area contributed by atoms with Crippen molar-refractivity contribution < 1.29 is 0 Å². The Kier molecular flexibility index (Phi) is 6.93. The monoisotopic (exact) mass is 683 g/mol. The second kappa shape index (κ2) is 12.3. The fraction of sp³-hybridized carbons (Fsp3) is 0. The fourth-order valence-corrected chi connectivity index (χ4v) is 8.83. The lowest BCUT2D eigenvalue weighted by atomic mass is 9.86. The van der Waals surface area contributed by atoms with Gasteiger partial charge < -0.3 is 0 Å². The van der Waals surface area contributed by atoms with Crippen molar-refractivity contribution in [3.05, 3.63) is 200 Å². The zero-order chi connectivity index (χ0) is 35.6. The number of benzene rings is 10. The van der Waals surface area contributed by atoms with E-state index in [-0.39, 0.29) is 0 Å². The molecule has 1 nitrogen and oxygen atoms in total. The van der Waals surface area contributed by atoms with Crippen molar-refractivity contribution in [2.45, 2.75) is 0 Å². The molecule has 250 valence electrons. The number of fused-ring (bicyclic) bond motifs is 6. The van der Waals surface area contributed by atoms with Crippen molar-refractivity contribution in [2.24, 2.45) is 0 Å². The van der Waals surface area contributed by atoms with Crippen LogP contribution in [0.3, 0.4) is 0 Å². The number of hydrogen-bond acceptors (Lipinski definition) is 1. The van der Waals surface area contributed by atoms with Gasteiger partial charge in [-0.05, 0) is 111 Å². The summed E-state index contributed by atoms with van der Waals surface area (Å²) in [7, 11) is 0. The van der Waals surface area contributed by atoms with Gasteiger partial charge in [0.1, 0.15) is 0 Å².